The average Bonchev–Trinajstić information content (AvgIpc) is 3.24. The average molecular weight is 411 g/mol. The normalized spacial score (nSPS) is 28.3. The third-order valence-electron chi connectivity index (χ3n) is 5.08. The Morgan fingerprint density at radius 2 is 2.12 bits per heavy atom. The standard InChI is InChI=1S/C17H16BrFN2O2S/c1-23-17(22)13-5-9-2-8(9)4-12(13)14-15(18)24-16(21-14)10-3-11(19)7-20-6-10/h3,6-9,12-13H,2,4-5H2,1H3/t8?,9?,12-,13-/m1/s1. The summed E-state index contributed by atoms with van der Waals surface area (Å²) in [6.45, 7) is 0. The summed E-state index contributed by atoms with van der Waals surface area (Å²) in [5.41, 5.74) is 1.54. The number of carbonyl (C=O) groups is 1. The smallest absolute Gasteiger partial charge is 0.309 e. The molecular weight excluding hydrogens is 395 g/mol. The van der Waals surface area contributed by atoms with Crippen LogP contribution in [0.4, 0.5) is 4.39 Å². The zero-order valence-electron chi connectivity index (χ0n) is 13.0. The van der Waals surface area contributed by atoms with Gasteiger partial charge in [-0.1, -0.05) is 0 Å². The molecule has 0 aromatic carbocycles. The highest BCUT2D eigenvalue weighted by Crippen LogP contribution is 2.57. The Morgan fingerprint density at radius 3 is 2.88 bits per heavy atom. The molecule has 2 aromatic rings. The van der Waals surface area contributed by atoms with Crippen molar-refractivity contribution >= 4 is 33.2 Å². The molecule has 4 nitrogen and oxygen atoms in total. The first-order chi connectivity index (χ1) is 11.6. The van der Waals surface area contributed by atoms with Gasteiger partial charge in [0.05, 0.1) is 28.7 Å². The van der Waals surface area contributed by atoms with Crippen LogP contribution in [0, 0.1) is 23.6 Å². The minimum atomic E-state index is -0.383. The number of hydrogen-bond donors (Lipinski definition) is 0. The van der Waals surface area contributed by atoms with E-state index in [0.29, 0.717) is 22.4 Å². The van der Waals surface area contributed by atoms with Crippen molar-refractivity contribution in [1.82, 2.24) is 9.97 Å². The van der Waals surface area contributed by atoms with E-state index in [-0.39, 0.29) is 23.6 Å². The summed E-state index contributed by atoms with van der Waals surface area (Å²) in [4.78, 5) is 20.8. The van der Waals surface area contributed by atoms with E-state index in [1.54, 1.807) is 6.20 Å². The minimum Gasteiger partial charge on any atom is -0.469 e. The number of carbonyl (C=O) groups excluding carboxylic acids is 1. The van der Waals surface area contributed by atoms with Gasteiger partial charge >= 0.3 is 5.97 Å². The largest absolute Gasteiger partial charge is 0.469 e. The Balaban J connectivity index is 1.69. The maximum atomic E-state index is 13.4. The number of nitrogens with zero attached hydrogens (tertiary/aromatic N) is 2. The number of hydrogen-bond acceptors (Lipinski definition) is 5. The second-order valence-electron chi connectivity index (χ2n) is 6.53. The van der Waals surface area contributed by atoms with Crippen molar-refractivity contribution < 1.29 is 13.9 Å². The molecule has 2 aliphatic carbocycles. The highest BCUT2D eigenvalue weighted by molar-refractivity contribution is 9.11. The van der Waals surface area contributed by atoms with Crippen molar-refractivity contribution in [1.29, 1.82) is 0 Å². The lowest BCUT2D eigenvalue weighted by atomic mass is 9.78. The van der Waals surface area contributed by atoms with E-state index in [9.17, 15) is 9.18 Å². The fourth-order valence-corrected chi connectivity index (χ4v) is 5.46. The Hall–Kier alpha value is -1.34. The van der Waals surface area contributed by atoms with Crippen LogP contribution < -0.4 is 0 Å². The molecule has 7 heteroatoms. The minimum absolute atomic E-state index is 0.0575. The van der Waals surface area contributed by atoms with Gasteiger partial charge in [0.25, 0.3) is 0 Å². The first kappa shape index (κ1) is 16.1. The highest BCUT2D eigenvalue weighted by Gasteiger charge is 2.50. The number of ether oxygens (including phenoxy) is 1. The number of halogens is 2. The first-order valence-corrected chi connectivity index (χ1v) is 9.52. The van der Waals surface area contributed by atoms with E-state index in [0.717, 1.165) is 22.3 Å². The monoisotopic (exact) mass is 410 g/mol. The lowest BCUT2D eigenvalue weighted by Crippen LogP contribution is -2.28. The van der Waals surface area contributed by atoms with Crippen LogP contribution in [0.5, 0.6) is 0 Å². The van der Waals surface area contributed by atoms with Crippen LogP contribution in [0.1, 0.15) is 30.9 Å². The molecule has 0 N–H and O–H groups in total. The van der Waals surface area contributed by atoms with Gasteiger partial charge in [0.2, 0.25) is 0 Å². The second-order valence-corrected chi connectivity index (χ2v) is 8.85. The lowest BCUT2D eigenvalue weighted by molar-refractivity contribution is -0.147. The van der Waals surface area contributed by atoms with Crippen molar-refractivity contribution in [3.8, 4) is 10.6 Å². The van der Waals surface area contributed by atoms with E-state index >= 15 is 0 Å². The molecule has 4 rings (SSSR count). The summed E-state index contributed by atoms with van der Waals surface area (Å²) in [5, 5.41) is 0.713. The molecule has 24 heavy (non-hydrogen) atoms. The molecule has 0 radical (unpaired) electrons. The summed E-state index contributed by atoms with van der Waals surface area (Å²) in [7, 11) is 1.44. The third-order valence-corrected chi connectivity index (χ3v) is 6.89. The summed E-state index contributed by atoms with van der Waals surface area (Å²) in [6, 6.07) is 1.43. The Morgan fingerprint density at radius 1 is 1.33 bits per heavy atom. The summed E-state index contributed by atoms with van der Waals surface area (Å²) in [6.07, 6.45) is 5.82. The topological polar surface area (TPSA) is 52.1 Å². The van der Waals surface area contributed by atoms with E-state index < -0.39 is 0 Å². The predicted molar refractivity (Wildman–Crippen MR) is 92.1 cm³/mol. The number of methoxy groups -OCH3 is 1. The second kappa shape index (κ2) is 6.19. The number of thiazole rings is 1. The fourth-order valence-electron chi connectivity index (χ4n) is 3.78. The number of esters is 1. The van der Waals surface area contributed by atoms with Crippen molar-refractivity contribution in [2.24, 2.45) is 17.8 Å². The van der Waals surface area contributed by atoms with Gasteiger partial charge in [-0.05, 0) is 53.1 Å². The van der Waals surface area contributed by atoms with Crippen LogP contribution in [0.25, 0.3) is 10.6 Å². The van der Waals surface area contributed by atoms with Gasteiger partial charge in [-0.3, -0.25) is 9.78 Å². The molecule has 0 saturated heterocycles. The van der Waals surface area contributed by atoms with Gasteiger partial charge in [0.1, 0.15) is 10.8 Å². The molecule has 0 spiro atoms. The van der Waals surface area contributed by atoms with Gasteiger partial charge in [-0.15, -0.1) is 11.3 Å². The molecule has 2 saturated carbocycles. The van der Waals surface area contributed by atoms with Gasteiger partial charge in [0.15, 0.2) is 0 Å². The third kappa shape index (κ3) is 2.88. The summed E-state index contributed by atoms with van der Waals surface area (Å²) < 4.78 is 19.3. The molecule has 126 valence electrons. The Kier molecular flexibility index (Phi) is 4.16. The SMILES string of the molecule is COC(=O)[C@@H]1CC2CC2C[C@H]1c1nc(-c2cncc(F)c2)sc1Br. The van der Waals surface area contributed by atoms with Gasteiger partial charge in [-0.25, -0.2) is 9.37 Å². The molecule has 0 amide bonds. The number of pyridine rings is 1. The Labute approximate surface area is 151 Å². The zero-order chi connectivity index (χ0) is 16.8. The highest BCUT2D eigenvalue weighted by atomic mass is 79.9. The molecule has 0 aliphatic heterocycles. The molecule has 2 unspecified atom stereocenters. The maximum Gasteiger partial charge on any atom is 0.309 e. The Bertz CT molecular complexity index is 797. The summed E-state index contributed by atoms with van der Waals surface area (Å²) >= 11 is 5.04. The van der Waals surface area contributed by atoms with Crippen molar-refractivity contribution in [3.05, 3.63) is 33.8 Å². The van der Waals surface area contributed by atoms with E-state index in [2.05, 4.69) is 20.9 Å². The maximum absolute atomic E-state index is 13.4. The number of fused-ring (bicyclic) bond motifs is 1. The van der Waals surface area contributed by atoms with Gasteiger partial charge < -0.3 is 4.74 Å². The van der Waals surface area contributed by atoms with E-state index in [1.807, 2.05) is 0 Å². The molecular formula is C17H16BrFN2O2S. The van der Waals surface area contributed by atoms with Gasteiger partial charge in [-0.2, -0.15) is 0 Å². The van der Waals surface area contributed by atoms with Crippen LogP contribution in [0.15, 0.2) is 22.2 Å². The first-order valence-electron chi connectivity index (χ1n) is 7.91. The van der Waals surface area contributed by atoms with Crippen LogP contribution in [-0.2, 0) is 9.53 Å². The molecule has 2 heterocycles. The van der Waals surface area contributed by atoms with E-state index in [1.165, 1.54) is 37.1 Å². The van der Waals surface area contributed by atoms with Gasteiger partial charge in [0, 0.05) is 17.7 Å². The van der Waals surface area contributed by atoms with Crippen LogP contribution >= 0.6 is 27.3 Å². The van der Waals surface area contributed by atoms with Crippen LogP contribution in [-0.4, -0.2) is 23.0 Å². The van der Waals surface area contributed by atoms with Crippen LogP contribution in [0.3, 0.4) is 0 Å². The quantitative estimate of drug-likeness (QED) is 0.703. The zero-order valence-corrected chi connectivity index (χ0v) is 15.4. The summed E-state index contributed by atoms with van der Waals surface area (Å²) in [5.74, 6) is 0.738. The fraction of sp³-hybridized carbons (Fsp3) is 0.471. The van der Waals surface area contributed by atoms with Crippen LogP contribution in [0.2, 0.25) is 0 Å². The molecule has 2 aliphatic rings. The molecule has 0 bridgehead atoms. The molecule has 2 fully saturated rings. The number of aromatic nitrogens is 2. The molecule has 2 aromatic heterocycles. The number of rotatable bonds is 3. The lowest BCUT2D eigenvalue weighted by Gasteiger charge is -2.28. The van der Waals surface area contributed by atoms with Crippen molar-refractivity contribution in [2.75, 3.05) is 7.11 Å². The van der Waals surface area contributed by atoms with Crippen molar-refractivity contribution in [3.63, 3.8) is 0 Å². The van der Waals surface area contributed by atoms with E-state index in [4.69, 9.17) is 9.72 Å². The predicted octanol–water partition coefficient (Wildman–Crippen LogP) is 4.41. The molecule has 4 atom stereocenters. The van der Waals surface area contributed by atoms with Crippen molar-refractivity contribution in [2.45, 2.75) is 25.2 Å².